The Hall–Kier alpha value is -3.40. The molecule has 0 saturated carbocycles. The van der Waals surface area contributed by atoms with E-state index in [-0.39, 0.29) is 18.4 Å². The lowest BCUT2D eigenvalue weighted by atomic mass is 10.1. The molecule has 1 aliphatic heterocycles. The molecule has 1 aliphatic rings. The van der Waals surface area contributed by atoms with Crippen molar-refractivity contribution in [1.29, 1.82) is 0 Å². The number of nitrogens with zero attached hydrogens (tertiary/aromatic N) is 2. The Morgan fingerprint density at radius 3 is 2.53 bits per heavy atom. The third kappa shape index (κ3) is 7.31. The van der Waals surface area contributed by atoms with E-state index >= 15 is 0 Å². The number of aromatic nitrogens is 2. The van der Waals surface area contributed by atoms with E-state index in [2.05, 4.69) is 34.7 Å². The van der Waals surface area contributed by atoms with E-state index in [1.54, 1.807) is 31.2 Å². The molecule has 3 N–H and O–H groups in total. The van der Waals surface area contributed by atoms with Gasteiger partial charge in [0.2, 0.25) is 11.9 Å². The van der Waals surface area contributed by atoms with Crippen LogP contribution in [0.3, 0.4) is 0 Å². The Balaban J connectivity index is 1.46. The second-order valence-corrected chi connectivity index (χ2v) is 8.61. The summed E-state index contributed by atoms with van der Waals surface area (Å²) in [5, 5.41) is 0. The van der Waals surface area contributed by atoms with Crippen LogP contribution in [0.5, 0.6) is 5.75 Å². The van der Waals surface area contributed by atoms with Crippen molar-refractivity contribution in [3.63, 3.8) is 0 Å². The monoisotopic (exact) mass is 471 g/mol. The second kappa shape index (κ2) is 12.2. The summed E-state index contributed by atoms with van der Waals surface area (Å²) in [6, 6.07) is 6.72. The van der Waals surface area contributed by atoms with Crippen molar-refractivity contribution in [2.24, 2.45) is 5.92 Å². The second-order valence-electron chi connectivity index (χ2n) is 8.61. The summed E-state index contributed by atoms with van der Waals surface area (Å²) in [6.07, 6.45) is 1.20. The van der Waals surface area contributed by atoms with Gasteiger partial charge >= 0.3 is 0 Å². The van der Waals surface area contributed by atoms with Gasteiger partial charge in [-0.3, -0.25) is 30.2 Å². The van der Waals surface area contributed by atoms with Crippen molar-refractivity contribution in [2.75, 3.05) is 37.8 Å². The molecule has 184 valence electrons. The molecule has 2 aromatic rings. The number of nitrogens with one attached hydrogen (secondary N) is 3. The van der Waals surface area contributed by atoms with Gasteiger partial charge in [-0.2, -0.15) is 0 Å². The molecule has 34 heavy (non-hydrogen) atoms. The summed E-state index contributed by atoms with van der Waals surface area (Å²) in [7, 11) is 0. The molecule has 1 aromatic heterocycles. The number of ether oxygens (including phenoxy) is 2. The maximum absolute atomic E-state index is 12.5. The van der Waals surface area contributed by atoms with E-state index in [0.717, 1.165) is 6.42 Å². The van der Waals surface area contributed by atoms with Gasteiger partial charge in [-0.1, -0.05) is 13.8 Å². The van der Waals surface area contributed by atoms with E-state index in [0.29, 0.717) is 67.3 Å². The van der Waals surface area contributed by atoms with Crippen LogP contribution >= 0.6 is 0 Å². The fourth-order valence-electron chi connectivity index (χ4n) is 3.43. The number of amides is 2. The first kappa shape index (κ1) is 25.2. The lowest BCUT2D eigenvalue weighted by Crippen LogP contribution is -2.42. The van der Waals surface area contributed by atoms with Gasteiger partial charge in [0.05, 0.1) is 19.8 Å². The Morgan fingerprint density at radius 1 is 1.18 bits per heavy atom. The number of aryl methyl sites for hydroxylation is 1. The molecule has 1 aromatic carbocycles. The van der Waals surface area contributed by atoms with E-state index in [1.807, 2.05) is 4.90 Å². The van der Waals surface area contributed by atoms with Crippen LogP contribution in [0.4, 0.5) is 5.95 Å². The normalized spacial score (nSPS) is 13.6. The highest BCUT2D eigenvalue weighted by Crippen LogP contribution is 2.14. The smallest absolute Gasteiger partial charge is 0.269 e. The minimum atomic E-state index is -0.437. The summed E-state index contributed by atoms with van der Waals surface area (Å²) in [5.41, 5.74) is 5.95. The molecule has 10 heteroatoms. The fourth-order valence-corrected chi connectivity index (χ4v) is 3.43. The number of carbonyl (C=O) groups is 2. The lowest BCUT2D eigenvalue weighted by molar-refractivity contribution is -0.121. The molecule has 0 bridgehead atoms. The Morgan fingerprint density at radius 2 is 1.88 bits per heavy atom. The number of rotatable bonds is 9. The van der Waals surface area contributed by atoms with Crippen molar-refractivity contribution in [3.8, 4) is 5.75 Å². The summed E-state index contributed by atoms with van der Waals surface area (Å²) in [4.78, 5) is 46.3. The van der Waals surface area contributed by atoms with Crippen LogP contribution in [0, 0.1) is 12.8 Å². The molecule has 10 nitrogen and oxygen atoms in total. The first-order valence-corrected chi connectivity index (χ1v) is 11.6. The van der Waals surface area contributed by atoms with Crippen molar-refractivity contribution < 1.29 is 19.1 Å². The summed E-state index contributed by atoms with van der Waals surface area (Å²) >= 11 is 0. The van der Waals surface area contributed by atoms with E-state index in [4.69, 9.17) is 9.47 Å². The SMILES string of the molecule is Cc1nc(N2CCOCC2)[nH]c(=O)c1CCC(=O)NNC(=O)c1ccc(OCCC(C)C)cc1. The predicted molar refractivity (Wildman–Crippen MR) is 128 cm³/mol. The molecule has 2 heterocycles. The summed E-state index contributed by atoms with van der Waals surface area (Å²) in [6.45, 7) is 9.14. The molecule has 0 atom stereocenters. The average Bonchev–Trinajstić information content (AvgIpc) is 2.82. The van der Waals surface area contributed by atoms with Crippen LogP contribution in [0.1, 0.15) is 48.3 Å². The van der Waals surface area contributed by atoms with E-state index < -0.39 is 11.8 Å². The predicted octanol–water partition coefficient (Wildman–Crippen LogP) is 1.73. The zero-order valence-corrected chi connectivity index (χ0v) is 20.0. The number of hydrazine groups is 1. The standard InChI is InChI=1S/C24H33N5O5/c1-16(2)10-13-34-19-6-4-18(5-7-19)22(31)28-27-21(30)9-8-20-17(3)25-24(26-23(20)32)29-11-14-33-15-12-29/h4-7,16H,8-15H2,1-3H3,(H,27,30)(H,28,31)(H,25,26,32). The zero-order valence-electron chi connectivity index (χ0n) is 20.0. The molecule has 0 radical (unpaired) electrons. The van der Waals surface area contributed by atoms with Crippen LogP contribution in [-0.4, -0.2) is 54.7 Å². The van der Waals surface area contributed by atoms with Gasteiger partial charge in [0.1, 0.15) is 5.75 Å². The third-order valence-corrected chi connectivity index (χ3v) is 5.52. The van der Waals surface area contributed by atoms with Gasteiger partial charge in [0.15, 0.2) is 0 Å². The zero-order chi connectivity index (χ0) is 24.5. The lowest BCUT2D eigenvalue weighted by Gasteiger charge is -2.27. The number of carbonyl (C=O) groups excluding carboxylic acids is 2. The molecule has 3 rings (SSSR count). The quantitative estimate of drug-likeness (QED) is 0.476. The van der Waals surface area contributed by atoms with Gasteiger partial charge in [-0.25, -0.2) is 4.98 Å². The highest BCUT2D eigenvalue weighted by molar-refractivity contribution is 5.95. The van der Waals surface area contributed by atoms with Crippen LogP contribution in [0.15, 0.2) is 29.1 Å². The molecule has 0 spiro atoms. The topological polar surface area (TPSA) is 126 Å². The van der Waals surface area contributed by atoms with Crippen LogP contribution in [-0.2, 0) is 16.0 Å². The van der Waals surface area contributed by atoms with Gasteiger partial charge < -0.3 is 14.4 Å². The van der Waals surface area contributed by atoms with E-state index in [1.165, 1.54) is 0 Å². The fraction of sp³-hybridized carbons (Fsp3) is 0.500. The molecule has 0 aliphatic carbocycles. The Labute approximate surface area is 199 Å². The van der Waals surface area contributed by atoms with Crippen molar-refractivity contribution in [1.82, 2.24) is 20.8 Å². The maximum Gasteiger partial charge on any atom is 0.269 e. The largest absolute Gasteiger partial charge is 0.494 e. The van der Waals surface area contributed by atoms with Gasteiger partial charge in [-0.05, 0) is 49.9 Å². The number of H-pyrrole nitrogens is 1. The molecule has 1 saturated heterocycles. The number of hydrogen-bond acceptors (Lipinski definition) is 7. The Kier molecular flexibility index (Phi) is 9.03. The summed E-state index contributed by atoms with van der Waals surface area (Å²) in [5.74, 6) is 0.921. The molecule has 1 fully saturated rings. The number of benzene rings is 1. The van der Waals surface area contributed by atoms with Crippen LogP contribution in [0.2, 0.25) is 0 Å². The van der Waals surface area contributed by atoms with Crippen LogP contribution < -0.4 is 26.0 Å². The minimum Gasteiger partial charge on any atom is -0.494 e. The number of anilines is 1. The number of aromatic amines is 1. The highest BCUT2D eigenvalue weighted by atomic mass is 16.5. The van der Waals surface area contributed by atoms with Gasteiger partial charge in [0, 0.05) is 36.3 Å². The Bertz CT molecular complexity index is 1030. The maximum atomic E-state index is 12.5. The minimum absolute atomic E-state index is 0.0331. The molecular weight excluding hydrogens is 438 g/mol. The van der Waals surface area contributed by atoms with Gasteiger partial charge in [0.25, 0.3) is 11.5 Å². The average molecular weight is 472 g/mol. The molecular formula is C24H33N5O5. The van der Waals surface area contributed by atoms with Crippen molar-refractivity contribution in [3.05, 3.63) is 51.4 Å². The first-order valence-electron chi connectivity index (χ1n) is 11.6. The number of hydrogen-bond donors (Lipinski definition) is 3. The molecule has 0 unspecified atom stereocenters. The van der Waals surface area contributed by atoms with Gasteiger partial charge in [-0.15, -0.1) is 0 Å². The molecule has 2 amide bonds. The first-order chi connectivity index (χ1) is 16.3. The summed E-state index contributed by atoms with van der Waals surface area (Å²) < 4.78 is 11.0. The van der Waals surface area contributed by atoms with Crippen molar-refractivity contribution >= 4 is 17.8 Å². The van der Waals surface area contributed by atoms with Crippen LogP contribution in [0.25, 0.3) is 0 Å². The third-order valence-electron chi connectivity index (χ3n) is 5.52. The highest BCUT2D eigenvalue weighted by Gasteiger charge is 2.17. The van der Waals surface area contributed by atoms with Crippen molar-refractivity contribution in [2.45, 2.75) is 40.0 Å². The number of morpholine rings is 1. The van der Waals surface area contributed by atoms with E-state index in [9.17, 15) is 14.4 Å².